The Morgan fingerprint density at radius 2 is 2.07 bits per heavy atom. The molecule has 1 saturated carbocycles. The molecule has 72 valence electrons. The zero-order valence-electron chi connectivity index (χ0n) is 7.82. The molecule has 2 aromatic heterocycles. The van der Waals surface area contributed by atoms with Crippen LogP contribution in [-0.2, 0) is 0 Å². The van der Waals surface area contributed by atoms with Crippen molar-refractivity contribution in [2.75, 3.05) is 5.73 Å². The quantitative estimate of drug-likeness (QED) is 0.773. The molecule has 0 amide bonds. The van der Waals surface area contributed by atoms with Gasteiger partial charge in [-0.05, 0) is 19.8 Å². The second-order valence-corrected chi connectivity index (χ2v) is 4.66. The highest BCUT2D eigenvalue weighted by Crippen LogP contribution is 2.43. The van der Waals surface area contributed by atoms with Crippen LogP contribution in [0.1, 0.15) is 29.5 Å². The Morgan fingerprint density at radius 3 is 2.79 bits per heavy atom. The molecule has 0 atom stereocenters. The monoisotopic (exact) mass is 206 g/mol. The molecule has 5 heteroatoms. The van der Waals surface area contributed by atoms with E-state index in [0.717, 1.165) is 16.0 Å². The number of aryl methyl sites for hydroxylation is 1. The maximum absolute atomic E-state index is 5.58. The van der Waals surface area contributed by atoms with Crippen molar-refractivity contribution in [3.63, 3.8) is 0 Å². The summed E-state index contributed by atoms with van der Waals surface area (Å²) >= 11 is 1.65. The molecule has 0 radical (unpaired) electrons. The van der Waals surface area contributed by atoms with Gasteiger partial charge in [0.25, 0.3) is 0 Å². The Balaban J connectivity index is 2.26. The number of nitrogens with zero attached hydrogens (tertiary/aromatic N) is 3. The molecule has 0 spiro atoms. The summed E-state index contributed by atoms with van der Waals surface area (Å²) in [5.74, 6) is 1.02. The van der Waals surface area contributed by atoms with Gasteiger partial charge in [0.2, 0.25) is 5.95 Å². The Kier molecular flexibility index (Phi) is 1.53. The van der Waals surface area contributed by atoms with E-state index in [-0.39, 0.29) is 0 Å². The summed E-state index contributed by atoms with van der Waals surface area (Å²) in [4.78, 5) is 13.8. The molecule has 1 fully saturated rings. The van der Waals surface area contributed by atoms with Crippen LogP contribution in [0.15, 0.2) is 0 Å². The van der Waals surface area contributed by atoms with Crippen molar-refractivity contribution in [2.45, 2.75) is 25.7 Å². The first-order valence-electron chi connectivity index (χ1n) is 4.64. The smallest absolute Gasteiger partial charge is 0.221 e. The van der Waals surface area contributed by atoms with E-state index in [9.17, 15) is 0 Å². The van der Waals surface area contributed by atoms with Gasteiger partial charge >= 0.3 is 0 Å². The summed E-state index contributed by atoms with van der Waals surface area (Å²) in [6.07, 6.45) is 2.53. The van der Waals surface area contributed by atoms with Crippen LogP contribution in [0, 0.1) is 6.92 Å². The van der Waals surface area contributed by atoms with Crippen LogP contribution in [0.25, 0.3) is 10.3 Å². The topological polar surface area (TPSA) is 64.7 Å². The number of hydrogen-bond acceptors (Lipinski definition) is 5. The second kappa shape index (κ2) is 2.63. The lowest BCUT2D eigenvalue weighted by molar-refractivity contribution is 1.08. The highest BCUT2D eigenvalue weighted by molar-refractivity contribution is 7.18. The van der Waals surface area contributed by atoms with Crippen molar-refractivity contribution in [1.82, 2.24) is 15.0 Å². The van der Waals surface area contributed by atoms with E-state index >= 15 is 0 Å². The first-order chi connectivity index (χ1) is 6.74. The normalized spacial score (nSPS) is 16.4. The third-order valence-corrected chi connectivity index (χ3v) is 3.51. The molecule has 2 aromatic rings. The third kappa shape index (κ3) is 1.16. The van der Waals surface area contributed by atoms with Gasteiger partial charge in [-0.3, -0.25) is 0 Å². The number of hydrogen-bond donors (Lipinski definition) is 1. The Hall–Kier alpha value is -1.23. The summed E-state index contributed by atoms with van der Waals surface area (Å²) in [5.41, 5.74) is 7.39. The average molecular weight is 206 g/mol. The lowest BCUT2D eigenvalue weighted by Crippen LogP contribution is -1.96. The maximum atomic E-state index is 5.58. The van der Waals surface area contributed by atoms with Crippen molar-refractivity contribution in [2.24, 2.45) is 0 Å². The molecule has 0 saturated heterocycles. The number of nitrogen functional groups attached to an aromatic ring is 1. The SMILES string of the molecule is Cc1nc(N)nc2sc(C3CC3)nc12. The molecule has 2 heterocycles. The number of thiazole rings is 1. The first kappa shape index (κ1) is 8.11. The summed E-state index contributed by atoms with van der Waals surface area (Å²) < 4.78 is 0. The van der Waals surface area contributed by atoms with Crippen LogP contribution < -0.4 is 5.73 Å². The predicted molar refractivity (Wildman–Crippen MR) is 56.3 cm³/mol. The number of aromatic nitrogens is 3. The standard InChI is InChI=1S/C9H10N4S/c1-4-6-8(13-9(10)11-4)14-7(12-6)5-2-3-5/h5H,2-3H2,1H3,(H2,10,11,13). The minimum atomic E-state index is 0.348. The Labute approximate surface area is 85.2 Å². The summed E-state index contributed by atoms with van der Waals surface area (Å²) in [6.45, 7) is 1.93. The van der Waals surface area contributed by atoms with Gasteiger partial charge in [0, 0.05) is 5.92 Å². The van der Waals surface area contributed by atoms with Gasteiger partial charge in [-0.1, -0.05) is 11.3 Å². The van der Waals surface area contributed by atoms with E-state index in [1.54, 1.807) is 11.3 Å². The van der Waals surface area contributed by atoms with Gasteiger partial charge in [0.1, 0.15) is 10.3 Å². The van der Waals surface area contributed by atoms with Gasteiger partial charge in [-0.15, -0.1) is 0 Å². The number of nitrogens with two attached hydrogens (primary N) is 1. The van der Waals surface area contributed by atoms with Gasteiger partial charge in [0.15, 0.2) is 0 Å². The second-order valence-electron chi connectivity index (χ2n) is 3.65. The molecule has 0 unspecified atom stereocenters. The van der Waals surface area contributed by atoms with Crippen LogP contribution in [-0.4, -0.2) is 15.0 Å². The van der Waals surface area contributed by atoms with E-state index in [1.165, 1.54) is 17.8 Å². The van der Waals surface area contributed by atoms with E-state index in [4.69, 9.17) is 5.73 Å². The molecule has 0 aliphatic heterocycles. The van der Waals surface area contributed by atoms with Gasteiger partial charge in [0.05, 0.1) is 10.7 Å². The molecule has 2 N–H and O–H groups in total. The molecule has 3 rings (SSSR count). The minimum absolute atomic E-state index is 0.348. The highest BCUT2D eigenvalue weighted by atomic mass is 32.1. The number of rotatable bonds is 1. The molecule has 0 aromatic carbocycles. The fourth-order valence-electron chi connectivity index (χ4n) is 1.50. The molecule has 4 nitrogen and oxygen atoms in total. The Bertz CT molecular complexity index is 501. The van der Waals surface area contributed by atoms with E-state index in [1.807, 2.05) is 6.92 Å². The van der Waals surface area contributed by atoms with Crippen molar-refractivity contribution in [1.29, 1.82) is 0 Å². The van der Waals surface area contributed by atoms with E-state index in [0.29, 0.717) is 11.9 Å². The molecule has 1 aliphatic carbocycles. The van der Waals surface area contributed by atoms with Crippen LogP contribution in [0.3, 0.4) is 0 Å². The molecular weight excluding hydrogens is 196 g/mol. The lowest BCUT2D eigenvalue weighted by Gasteiger charge is -1.93. The zero-order valence-corrected chi connectivity index (χ0v) is 8.64. The maximum Gasteiger partial charge on any atom is 0.221 e. The molecule has 14 heavy (non-hydrogen) atoms. The van der Waals surface area contributed by atoms with Crippen LogP contribution in [0.5, 0.6) is 0 Å². The minimum Gasteiger partial charge on any atom is -0.368 e. The van der Waals surface area contributed by atoms with Crippen LogP contribution in [0.4, 0.5) is 5.95 Å². The van der Waals surface area contributed by atoms with Crippen molar-refractivity contribution in [3.05, 3.63) is 10.7 Å². The summed E-state index contributed by atoms with van der Waals surface area (Å²) in [7, 11) is 0. The third-order valence-electron chi connectivity index (χ3n) is 2.39. The van der Waals surface area contributed by atoms with Crippen molar-refractivity contribution in [3.8, 4) is 0 Å². The van der Waals surface area contributed by atoms with Gasteiger partial charge < -0.3 is 5.73 Å². The summed E-state index contributed by atoms with van der Waals surface area (Å²) in [6, 6.07) is 0. The van der Waals surface area contributed by atoms with Crippen LogP contribution in [0.2, 0.25) is 0 Å². The summed E-state index contributed by atoms with van der Waals surface area (Å²) in [5, 5.41) is 1.20. The lowest BCUT2D eigenvalue weighted by atomic mass is 10.4. The largest absolute Gasteiger partial charge is 0.368 e. The van der Waals surface area contributed by atoms with E-state index in [2.05, 4.69) is 15.0 Å². The first-order valence-corrected chi connectivity index (χ1v) is 5.46. The van der Waals surface area contributed by atoms with Crippen molar-refractivity contribution >= 4 is 27.6 Å². The highest BCUT2D eigenvalue weighted by Gasteiger charge is 2.27. The van der Waals surface area contributed by atoms with Gasteiger partial charge in [-0.25, -0.2) is 15.0 Å². The average Bonchev–Trinajstić information content (AvgIpc) is 2.87. The fourth-order valence-corrected chi connectivity index (χ4v) is 2.66. The van der Waals surface area contributed by atoms with Crippen LogP contribution >= 0.6 is 11.3 Å². The molecule has 0 bridgehead atoms. The predicted octanol–water partition coefficient (Wildman–Crippen LogP) is 1.85. The fraction of sp³-hybridized carbons (Fsp3) is 0.444. The van der Waals surface area contributed by atoms with Gasteiger partial charge in [-0.2, -0.15) is 0 Å². The number of anilines is 1. The molecule has 1 aliphatic rings. The van der Waals surface area contributed by atoms with E-state index < -0.39 is 0 Å². The Morgan fingerprint density at radius 1 is 1.29 bits per heavy atom. The van der Waals surface area contributed by atoms with Crippen molar-refractivity contribution < 1.29 is 0 Å². The number of fused-ring (bicyclic) bond motifs is 1. The molecular formula is C9H10N4S. The zero-order chi connectivity index (χ0) is 9.71.